The van der Waals surface area contributed by atoms with E-state index in [9.17, 15) is 9.59 Å². The first-order valence-electron chi connectivity index (χ1n) is 4.89. The van der Waals surface area contributed by atoms with Gasteiger partial charge in [0.05, 0.1) is 12.2 Å². The van der Waals surface area contributed by atoms with Crippen molar-refractivity contribution in [2.45, 2.75) is 33.6 Å². The minimum atomic E-state index is -0.481. The maximum Gasteiger partial charge on any atom is 0.341 e. The van der Waals surface area contributed by atoms with Gasteiger partial charge in [-0.05, 0) is 18.8 Å². The first kappa shape index (κ1) is 11.0. The summed E-state index contributed by atoms with van der Waals surface area (Å²) >= 11 is 0. The summed E-state index contributed by atoms with van der Waals surface area (Å²) in [6.07, 6.45) is 2.98. The lowest BCUT2D eigenvalue weighted by Gasteiger charge is -2.25. The van der Waals surface area contributed by atoms with E-state index in [4.69, 9.17) is 4.74 Å². The Kier molecular flexibility index (Phi) is 3.09. The number of ether oxygens (including phenoxy) is 1. The molecule has 0 saturated heterocycles. The highest BCUT2D eigenvalue weighted by Crippen LogP contribution is 2.31. The van der Waals surface area contributed by atoms with Gasteiger partial charge in [-0.15, -0.1) is 0 Å². The van der Waals surface area contributed by atoms with Gasteiger partial charge in [0.25, 0.3) is 0 Å². The topological polar surface area (TPSA) is 43.4 Å². The highest BCUT2D eigenvalue weighted by molar-refractivity contribution is 6.17. The van der Waals surface area contributed by atoms with E-state index in [1.165, 1.54) is 0 Å². The molecule has 3 heteroatoms. The normalized spacial score (nSPS) is 20.2. The average molecular weight is 196 g/mol. The molecule has 0 atom stereocenters. The van der Waals surface area contributed by atoms with Crippen molar-refractivity contribution in [3.63, 3.8) is 0 Å². The molecular formula is C11H16O3. The van der Waals surface area contributed by atoms with Gasteiger partial charge < -0.3 is 4.74 Å². The molecule has 0 saturated carbocycles. The molecule has 78 valence electrons. The Bertz CT molecular complexity index is 287. The molecule has 0 bridgehead atoms. The van der Waals surface area contributed by atoms with E-state index in [0.717, 1.165) is 6.42 Å². The van der Waals surface area contributed by atoms with E-state index in [1.807, 2.05) is 13.8 Å². The molecule has 14 heavy (non-hydrogen) atoms. The minimum Gasteiger partial charge on any atom is -0.462 e. The number of carbonyl (C=O) groups is 2. The van der Waals surface area contributed by atoms with Crippen LogP contribution in [0.2, 0.25) is 0 Å². The molecule has 0 fully saturated rings. The minimum absolute atomic E-state index is 0.0734. The van der Waals surface area contributed by atoms with E-state index in [0.29, 0.717) is 13.0 Å². The highest BCUT2D eigenvalue weighted by atomic mass is 16.5. The SMILES string of the molecule is CCOC(=O)C1=CC(C)(C)CCC1=O. The monoisotopic (exact) mass is 196 g/mol. The molecule has 1 aliphatic rings. The van der Waals surface area contributed by atoms with Crippen molar-refractivity contribution in [1.29, 1.82) is 0 Å². The number of hydrogen-bond donors (Lipinski definition) is 0. The summed E-state index contributed by atoms with van der Waals surface area (Å²) in [5.41, 5.74) is 0.152. The van der Waals surface area contributed by atoms with Gasteiger partial charge in [0.15, 0.2) is 5.78 Å². The first-order valence-corrected chi connectivity index (χ1v) is 4.89. The van der Waals surface area contributed by atoms with Crippen molar-refractivity contribution in [2.24, 2.45) is 5.41 Å². The molecule has 3 nitrogen and oxygen atoms in total. The predicted octanol–water partition coefficient (Wildman–Crippen LogP) is 1.86. The lowest BCUT2D eigenvalue weighted by atomic mass is 9.79. The van der Waals surface area contributed by atoms with Gasteiger partial charge in [-0.3, -0.25) is 4.79 Å². The summed E-state index contributed by atoms with van der Waals surface area (Å²) < 4.78 is 4.82. The third-order valence-electron chi connectivity index (χ3n) is 2.33. The van der Waals surface area contributed by atoms with Gasteiger partial charge in [-0.1, -0.05) is 19.9 Å². The van der Waals surface area contributed by atoms with E-state index in [1.54, 1.807) is 13.0 Å². The van der Waals surface area contributed by atoms with E-state index >= 15 is 0 Å². The van der Waals surface area contributed by atoms with Crippen LogP contribution in [0.1, 0.15) is 33.6 Å². The van der Waals surface area contributed by atoms with Gasteiger partial charge in [0.1, 0.15) is 0 Å². The molecule has 0 aromatic heterocycles. The molecule has 1 rings (SSSR count). The number of ketones is 1. The Labute approximate surface area is 84.1 Å². The first-order chi connectivity index (χ1) is 6.46. The second-order valence-corrected chi connectivity index (χ2v) is 4.19. The summed E-state index contributed by atoms with van der Waals surface area (Å²) in [7, 11) is 0. The Morgan fingerprint density at radius 1 is 1.57 bits per heavy atom. The molecule has 0 spiro atoms. The van der Waals surface area contributed by atoms with Gasteiger partial charge in [0.2, 0.25) is 0 Å². The largest absolute Gasteiger partial charge is 0.462 e. The highest BCUT2D eigenvalue weighted by Gasteiger charge is 2.30. The second kappa shape index (κ2) is 3.95. The third-order valence-corrected chi connectivity index (χ3v) is 2.33. The molecule has 0 aromatic rings. The predicted molar refractivity (Wildman–Crippen MR) is 52.7 cm³/mol. The zero-order valence-corrected chi connectivity index (χ0v) is 8.92. The van der Waals surface area contributed by atoms with Crippen molar-refractivity contribution in [2.75, 3.05) is 6.61 Å². The molecular weight excluding hydrogens is 180 g/mol. The number of rotatable bonds is 2. The van der Waals surface area contributed by atoms with Crippen LogP contribution in [0.4, 0.5) is 0 Å². The molecule has 0 amide bonds. The fraction of sp³-hybridized carbons (Fsp3) is 0.636. The third kappa shape index (κ3) is 2.44. The Morgan fingerprint density at radius 3 is 2.79 bits per heavy atom. The van der Waals surface area contributed by atoms with Crippen LogP contribution < -0.4 is 0 Å². The molecule has 0 aromatic carbocycles. The van der Waals surface area contributed by atoms with Crippen molar-refractivity contribution in [3.8, 4) is 0 Å². The van der Waals surface area contributed by atoms with Gasteiger partial charge >= 0.3 is 5.97 Å². The molecule has 0 unspecified atom stereocenters. The smallest absolute Gasteiger partial charge is 0.341 e. The van der Waals surface area contributed by atoms with Crippen LogP contribution in [-0.2, 0) is 14.3 Å². The van der Waals surface area contributed by atoms with Crippen LogP contribution in [0.25, 0.3) is 0 Å². The van der Waals surface area contributed by atoms with Gasteiger partial charge in [0, 0.05) is 6.42 Å². The molecule has 0 aliphatic heterocycles. The zero-order chi connectivity index (χ0) is 10.8. The second-order valence-electron chi connectivity index (χ2n) is 4.19. The number of Topliss-reactive ketones (excluding diaryl/α,β-unsaturated/α-hetero) is 1. The Morgan fingerprint density at radius 2 is 2.21 bits per heavy atom. The van der Waals surface area contributed by atoms with E-state index in [2.05, 4.69) is 0 Å². The fourth-order valence-corrected chi connectivity index (χ4v) is 1.50. The quantitative estimate of drug-likeness (QED) is 0.500. The lowest BCUT2D eigenvalue weighted by Crippen LogP contribution is -2.25. The number of hydrogen-bond acceptors (Lipinski definition) is 3. The van der Waals surface area contributed by atoms with Crippen LogP contribution >= 0.6 is 0 Å². The number of esters is 1. The number of allylic oxidation sites excluding steroid dienone is 1. The average Bonchev–Trinajstić information content (AvgIpc) is 2.10. The lowest BCUT2D eigenvalue weighted by molar-refractivity contribution is -0.140. The van der Waals surface area contributed by atoms with Crippen LogP contribution in [-0.4, -0.2) is 18.4 Å². The van der Waals surface area contributed by atoms with Crippen molar-refractivity contribution >= 4 is 11.8 Å². The van der Waals surface area contributed by atoms with Crippen LogP contribution in [0, 0.1) is 5.41 Å². The summed E-state index contributed by atoms with van der Waals surface area (Å²) in [5.74, 6) is -0.576. The van der Waals surface area contributed by atoms with Crippen molar-refractivity contribution in [1.82, 2.24) is 0 Å². The Balaban J connectivity index is 2.88. The summed E-state index contributed by atoms with van der Waals surface area (Å²) in [5, 5.41) is 0. The molecule has 0 heterocycles. The van der Waals surface area contributed by atoms with Crippen LogP contribution in [0.3, 0.4) is 0 Å². The zero-order valence-electron chi connectivity index (χ0n) is 8.92. The summed E-state index contributed by atoms with van der Waals surface area (Å²) in [6.45, 7) is 6.07. The van der Waals surface area contributed by atoms with Crippen LogP contribution in [0.15, 0.2) is 11.6 Å². The van der Waals surface area contributed by atoms with Crippen molar-refractivity contribution in [3.05, 3.63) is 11.6 Å². The standard InChI is InChI=1S/C11H16O3/c1-4-14-10(13)8-7-11(2,3)6-5-9(8)12/h7H,4-6H2,1-3H3. The maximum atomic E-state index is 11.4. The van der Waals surface area contributed by atoms with Gasteiger partial charge in [-0.25, -0.2) is 4.79 Å². The van der Waals surface area contributed by atoms with E-state index in [-0.39, 0.29) is 16.8 Å². The summed E-state index contributed by atoms with van der Waals surface area (Å²) in [4.78, 5) is 22.8. The summed E-state index contributed by atoms with van der Waals surface area (Å²) in [6, 6.07) is 0. The number of carbonyl (C=O) groups excluding carboxylic acids is 2. The molecule has 1 aliphatic carbocycles. The van der Waals surface area contributed by atoms with E-state index < -0.39 is 5.97 Å². The molecule has 0 radical (unpaired) electrons. The Hall–Kier alpha value is -1.12. The maximum absolute atomic E-state index is 11.4. The van der Waals surface area contributed by atoms with Gasteiger partial charge in [-0.2, -0.15) is 0 Å². The molecule has 0 N–H and O–H groups in total. The van der Waals surface area contributed by atoms with Crippen molar-refractivity contribution < 1.29 is 14.3 Å². The van der Waals surface area contributed by atoms with Crippen LogP contribution in [0.5, 0.6) is 0 Å². The fourth-order valence-electron chi connectivity index (χ4n) is 1.50.